The minimum absolute atomic E-state index is 0.120. The molecule has 4 rings (SSSR count). The molecule has 0 unspecified atom stereocenters. The number of hydrogen-bond acceptors (Lipinski definition) is 4. The van der Waals surface area contributed by atoms with E-state index in [1.54, 1.807) is 0 Å². The highest BCUT2D eigenvalue weighted by Crippen LogP contribution is 2.29. The van der Waals surface area contributed by atoms with Crippen molar-refractivity contribution in [3.8, 4) is 0 Å². The van der Waals surface area contributed by atoms with Gasteiger partial charge in [-0.25, -0.2) is 0 Å². The van der Waals surface area contributed by atoms with Crippen molar-refractivity contribution in [1.82, 2.24) is 15.1 Å². The minimum Gasteiger partial charge on any atom is -0.385 e. The van der Waals surface area contributed by atoms with Gasteiger partial charge >= 0.3 is 0 Å². The Labute approximate surface area is 173 Å². The molecule has 7 heteroatoms. The van der Waals surface area contributed by atoms with Crippen LogP contribution in [0, 0.1) is 5.92 Å². The molecule has 1 aliphatic carbocycles. The largest absolute Gasteiger partial charge is 0.385 e. The number of benzene rings is 1. The number of nitrogens with zero attached hydrogens (tertiary/aromatic N) is 2. The average Bonchev–Trinajstić information content (AvgIpc) is 2.85. The number of amides is 1. The van der Waals surface area contributed by atoms with E-state index >= 15 is 0 Å². The highest BCUT2D eigenvalue weighted by molar-refractivity contribution is 9.10. The number of carbonyl (C=O) groups is 1. The Morgan fingerprint density at radius 1 is 1.29 bits per heavy atom. The van der Waals surface area contributed by atoms with Gasteiger partial charge in [0.25, 0.3) is 5.91 Å². The third-order valence-corrected chi connectivity index (χ3v) is 6.66. The number of hydrogen-bond donors (Lipinski definition) is 2. The maximum Gasteiger partial charge on any atom is 0.272 e. The molecule has 0 bridgehead atoms. The summed E-state index contributed by atoms with van der Waals surface area (Å²) in [5.74, 6) is 0.446. The number of rotatable bonds is 6. The molecule has 1 aromatic carbocycles. The average molecular weight is 450 g/mol. The first-order valence-electron chi connectivity index (χ1n) is 10.3. The van der Waals surface area contributed by atoms with Crippen molar-refractivity contribution >= 4 is 32.7 Å². The molecule has 0 atom stereocenters. The van der Waals surface area contributed by atoms with Crippen LogP contribution in [-0.4, -0.2) is 46.2 Å². The van der Waals surface area contributed by atoms with Gasteiger partial charge in [0, 0.05) is 29.4 Å². The lowest BCUT2D eigenvalue weighted by Gasteiger charge is -2.36. The van der Waals surface area contributed by atoms with E-state index in [1.165, 1.54) is 38.5 Å². The van der Waals surface area contributed by atoms with Crippen LogP contribution >= 0.6 is 15.9 Å². The third kappa shape index (κ3) is 4.26. The first-order valence-corrected chi connectivity index (χ1v) is 11.1. The van der Waals surface area contributed by atoms with Crippen molar-refractivity contribution in [2.45, 2.75) is 57.1 Å². The lowest BCUT2D eigenvalue weighted by atomic mass is 9.98. The summed E-state index contributed by atoms with van der Waals surface area (Å²) in [6, 6.07) is 5.85. The Kier molecular flexibility index (Phi) is 6.04. The van der Waals surface area contributed by atoms with E-state index in [0.717, 1.165) is 15.4 Å². The van der Waals surface area contributed by atoms with Crippen LogP contribution in [0.5, 0.6) is 0 Å². The molecule has 2 heterocycles. The monoisotopic (exact) mass is 449 g/mol. The molecule has 6 nitrogen and oxygen atoms in total. The SMILES string of the molecule is O=C(NCC1CCCCCC1)c1nn(CCC2(O)COC2)c2cccc(Br)c12. The first-order chi connectivity index (χ1) is 13.6. The predicted octanol–water partition coefficient (Wildman–Crippen LogP) is 3.65. The highest BCUT2D eigenvalue weighted by Gasteiger charge is 2.36. The van der Waals surface area contributed by atoms with Crippen molar-refractivity contribution in [1.29, 1.82) is 0 Å². The van der Waals surface area contributed by atoms with E-state index in [9.17, 15) is 9.90 Å². The van der Waals surface area contributed by atoms with Crippen LogP contribution in [0.1, 0.15) is 55.4 Å². The fourth-order valence-electron chi connectivity index (χ4n) is 4.20. The first kappa shape index (κ1) is 19.9. The molecule has 1 aromatic heterocycles. The standard InChI is InChI=1S/C21H28BrN3O3/c22-16-8-5-9-17-18(16)19(24-25(17)11-10-21(27)13-28-14-21)20(26)23-12-15-6-3-1-2-4-7-15/h5,8-9,15,27H,1-4,6-7,10-14H2,(H,23,26). The van der Waals surface area contributed by atoms with Crippen molar-refractivity contribution in [2.24, 2.45) is 5.92 Å². The van der Waals surface area contributed by atoms with Crippen LogP contribution in [-0.2, 0) is 11.3 Å². The van der Waals surface area contributed by atoms with Crippen LogP contribution in [0.15, 0.2) is 22.7 Å². The summed E-state index contributed by atoms with van der Waals surface area (Å²) in [4.78, 5) is 12.9. The Balaban J connectivity index is 1.51. The molecular formula is C21H28BrN3O3. The van der Waals surface area contributed by atoms with Gasteiger partial charge < -0.3 is 15.2 Å². The van der Waals surface area contributed by atoms with Crippen molar-refractivity contribution < 1.29 is 14.6 Å². The second kappa shape index (κ2) is 8.51. The van der Waals surface area contributed by atoms with Crippen LogP contribution in [0.2, 0.25) is 0 Å². The van der Waals surface area contributed by atoms with Gasteiger partial charge in [-0.1, -0.05) is 47.7 Å². The van der Waals surface area contributed by atoms with Crippen LogP contribution in [0.25, 0.3) is 10.9 Å². The molecule has 2 fully saturated rings. The van der Waals surface area contributed by atoms with E-state index in [-0.39, 0.29) is 5.91 Å². The predicted molar refractivity (Wildman–Crippen MR) is 111 cm³/mol. The number of ether oxygens (including phenoxy) is 1. The number of aliphatic hydroxyl groups is 1. The van der Waals surface area contributed by atoms with Crippen LogP contribution in [0.3, 0.4) is 0 Å². The van der Waals surface area contributed by atoms with E-state index in [0.29, 0.717) is 44.3 Å². The maximum atomic E-state index is 12.9. The molecule has 1 saturated heterocycles. The minimum atomic E-state index is -0.772. The maximum absolute atomic E-state index is 12.9. The molecule has 2 aliphatic rings. The van der Waals surface area contributed by atoms with Gasteiger partial charge in [-0.3, -0.25) is 9.48 Å². The number of aromatic nitrogens is 2. The van der Waals surface area contributed by atoms with E-state index in [2.05, 4.69) is 26.3 Å². The second-order valence-corrected chi connectivity index (χ2v) is 9.09. The van der Waals surface area contributed by atoms with E-state index in [4.69, 9.17) is 4.74 Å². The Bertz CT molecular complexity index is 839. The summed E-state index contributed by atoms with van der Waals surface area (Å²) < 4.78 is 7.82. The van der Waals surface area contributed by atoms with Gasteiger partial charge in [-0.15, -0.1) is 0 Å². The smallest absolute Gasteiger partial charge is 0.272 e. The van der Waals surface area contributed by atoms with Gasteiger partial charge in [0.15, 0.2) is 5.69 Å². The molecule has 152 valence electrons. The van der Waals surface area contributed by atoms with Gasteiger partial charge in [0.05, 0.1) is 18.7 Å². The van der Waals surface area contributed by atoms with Gasteiger partial charge in [-0.05, 0) is 30.9 Å². The lowest BCUT2D eigenvalue weighted by Crippen LogP contribution is -2.50. The lowest BCUT2D eigenvalue weighted by molar-refractivity contribution is -0.182. The summed E-state index contributed by atoms with van der Waals surface area (Å²) in [7, 11) is 0. The number of fused-ring (bicyclic) bond motifs is 1. The molecule has 2 aromatic rings. The third-order valence-electron chi connectivity index (χ3n) is 6.00. The second-order valence-electron chi connectivity index (χ2n) is 8.24. The molecule has 1 amide bonds. The number of halogens is 1. The summed E-state index contributed by atoms with van der Waals surface area (Å²) in [5, 5.41) is 18.9. The van der Waals surface area contributed by atoms with E-state index < -0.39 is 5.60 Å². The Morgan fingerprint density at radius 3 is 2.71 bits per heavy atom. The Morgan fingerprint density at radius 2 is 2.04 bits per heavy atom. The highest BCUT2D eigenvalue weighted by atomic mass is 79.9. The summed E-state index contributed by atoms with van der Waals surface area (Å²) in [5.41, 5.74) is 0.581. The normalized spacial score (nSPS) is 19.9. The van der Waals surface area contributed by atoms with E-state index in [1.807, 2.05) is 22.9 Å². The topological polar surface area (TPSA) is 76.4 Å². The molecule has 1 aliphatic heterocycles. The molecular weight excluding hydrogens is 422 g/mol. The van der Waals surface area contributed by atoms with Crippen LogP contribution < -0.4 is 5.32 Å². The summed E-state index contributed by atoms with van der Waals surface area (Å²) in [6.45, 7) is 1.99. The summed E-state index contributed by atoms with van der Waals surface area (Å²) in [6.07, 6.45) is 8.08. The fraction of sp³-hybridized carbons (Fsp3) is 0.619. The molecule has 0 spiro atoms. The van der Waals surface area contributed by atoms with Gasteiger partial charge in [0.1, 0.15) is 5.60 Å². The molecule has 1 saturated carbocycles. The zero-order chi connectivity index (χ0) is 19.6. The van der Waals surface area contributed by atoms with Crippen molar-refractivity contribution in [3.05, 3.63) is 28.4 Å². The molecule has 2 N–H and O–H groups in total. The number of aryl methyl sites for hydroxylation is 1. The number of carbonyl (C=O) groups excluding carboxylic acids is 1. The fourth-order valence-corrected chi connectivity index (χ4v) is 4.74. The quantitative estimate of drug-likeness (QED) is 0.659. The zero-order valence-electron chi connectivity index (χ0n) is 16.1. The molecule has 28 heavy (non-hydrogen) atoms. The number of nitrogens with one attached hydrogen (secondary N) is 1. The van der Waals surface area contributed by atoms with Crippen molar-refractivity contribution in [2.75, 3.05) is 19.8 Å². The van der Waals surface area contributed by atoms with Gasteiger partial charge in [-0.2, -0.15) is 5.10 Å². The van der Waals surface area contributed by atoms with Gasteiger partial charge in [0.2, 0.25) is 0 Å². The zero-order valence-corrected chi connectivity index (χ0v) is 17.7. The summed E-state index contributed by atoms with van der Waals surface area (Å²) >= 11 is 3.58. The van der Waals surface area contributed by atoms with Crippen molar-refractivity contribution in [3.63, 3.8) is 0 Å². The van der Waals surface area contributed by atoms with Crippen LogP contribution in [0.4, 0.5) is 0 Å². The molecule has 0 radical (unpaired) electrons. The Hall–Kier alpha value is -1.44.